The highest BCUT2D eigenvalue weighted by atomic mass is 16.6. The molecular formula is C20H20O7. The molecule has 0 spiro atoms. The Balaban J connectivity index is 2.25. The van der Waals surface area contributed by atoms with Gasteiger partial charge in [0.15, 0.2) is 17.1 Å². The van der Waals surface area contributed by atoms with Crippen molar-refractivity contribution in [2.75, 3.05) is 14.2 Å². The van der Waals surface area contributed by atoms with Crippen molar-refractivity contribution in [3.05, 3.63) is 41.5 Å². The van der Waals surface area contributed by atoms with Crippen LogP contribution in [0.2, 0.25) is 0 Å². The van der Waals surface area contributed by atoms with Gasteiger partial charge in [-0.2, -0.15) is 0 Å². The maximum atomic E-state index is 11.9. The number of fused-ring (bicyclic) bond motifs is 1. The first kappa shape index (κ1) is 18.6. The third kappa shape index (κ3) is 3.16. The maximum Gasteiger partial charge on any atom is 0.347 e. The van der Waals surface area contributed by atoms with E-state index in [1.54, 1.807) is 24.3 Å². The molecule has 7 heteroatoms. The molecule has 0 aliphatic carbocycles. The minimum Gasteiger partial charge on any atom is -0.493 e. The molecule has 27 heavy (non-hydrogen) atoms. The predicted octanol–water partition coefficient (Wildman–Crippen LogP) is 3.28. The number of methoxy groups -OCH3 is 2. The number of carbonyl (C=O) groups is 2. The summed E-state index contributed by atoms with van der Waals surface area (Å²) in [6.45, 7) is 3.03. The SMILES string of the molecule is COc1ccc(-c2cccc3c2COC3=O)c(OC(C)(C)C(=O)O)c1OC. The largest absolute Gasteiger partial charge is 0.493 e. The third-order valence-corrected chi connectivity index (χ3v) is 4.41. The molecule has 2 aromatic carbocycles. The molecule has 0 unspecified atom stereocenters. The molecule has 1 N–H and O–H groups in total. The summed E-state index contributed by atoms with van der Waals surface area (Å²) in [7, 11) is 2.93. The Morgan fingerprint density at radius 3 is 2.37 bits per heavy atom. The lowest BCUT2D eigenvalue weighted by atomic mass is 9.95. The maximum absolute atomic E-state index is 11.9. The number of carboxylic acid groups (broad SMARTS) is 1. The van der Waals surface area contributed by atoms with Crippen LogP contribution in [0.3, 0.4) is 0 Å². The standard InChI is InChI=1S/C20H20O7/c1-20(2,19(22)23)27-16-12(8-9-15(24-3)17(16)25-4)11-6-5-7-13-14(11)10-26-18(13)21/h5-9H,10H2,1-4H3,(H,22,23). The normalized spacial score (nSPS) is 13.0. The fraction of sp³-hybridized carbons (Fsp3) is 0.300. The summed E-state index contributed by atoms with van der Waals surface area (Å²) in [6.07, 6.45) is 0. The van der Waals surface area contributed by atoms with Crippen molar-refractivity contribution in [2.24, 2.45) is 0 Å². The molecule has 142 valence electrons. The molecule has 0 amide bonds. The molecule has 0 fully saturated rings. The van der Waals surface area contributed by atoms with Crippen molar-refractivity contribution in [1.82, 2.24) is 0 Å². The number of hydrogen-bond donors (Lipinski definition) is 1. The minimum absolute atomic E-state index is 0.139. The molecule has 2 aromatic rings. The predicted molar refractivity (Wildman–Crippen MR) is 96.4 cm³/mol. The second kappa shape index (κ2) is 6.83. The molecule has 0 bridgehead atoms. The van der Waals surface area contributed by atoms with Crippen molar-refractivity contribution in [1.29, 1.82) is 0 Å². The van der Waals surface area contributed by atoms with Crippen molar-refractivity contribution in [3.8, 4) is 28.4 Å². The lowest BCUT2D eigenvalue weighted by Gasteiger charge is -2.26. The van der Waals surface area contributed by atoms with Gasteiger partial charge in [0.2, 0.25) is 5.75 Å². The number of cyclic esters (lactones) is 1. The van der Waals surface area contributed by atoms with Crippen LogP contribution in [0, 0.1) is 0 Å². The molecule has 0 saturated heterocycles. The summed E-state index contributed by atoms with van der Waals surface area (Å²) >= 11 is 0. The summed E-state index contributed by atoms with van der Waals surface area (Å²) < 4.78 is 21.8. The summed E-state index contributed by atoms with van der Waals surface area (Å²) in [5.74, 6) is -0.628. The van der Waals surface area contributed by atoms with Gasteiger partial charge in [-0.15, -0.1) is 0 Å². The van der Waals surface area contributed by atoms with Crippen LogP contribution in [0.1, 0.15) is 29.8 Å². The van der Waals surface area contributed by atoms with Crippen LogP contribution in [0.25, 0.3) is 11.1 Å². The van der Waals surface area contributed by atoms with Gasteiger partial charge in [0.05, 0.1) is 19.8 Å². The van der Waals surface area contributed by atoms with Gasteiger partial charge in [0.25, 0.3) is 0 Å². The third-order valence-electron chi connectivity index (χ3n) is 4.41. The minimum atomic E-state index is -1.52. The number of rotatable bonds is 6. The van der Waals surface area contributed by atoms with Crippen LogP contribution in [0.5, 0.6) is 17.2 Å². The quantitative estimate of drug-likeness (QED) is 0.778. The van der Waals surface area contributed by atoms with E-state index in [4.69, 9.17) is 18.9 Å². The first-order valence-electron chi connectivity index (χ1n) is 8.27. The van der Waals surface area contributed by atoms with Gasteiger partial charge in [-0.3, -0.25) is 0 Å². The zero-order valence-corrected chi connectivity index (χ0v) is 15.5. The molecule has 1 aliphatic heterocycles. The van der Waals surface area contributed by atoms with Gasteiger partial charge in [-0.05, 0) is 37.6 Å². The number of carbonyl (C=O) groups excluding carboxylic acids is 1. The summed E-state index contributed by atoms with van der Waals surface area (Å²) in [5.41, 5.74) is 0.963. The van der Waals surface area contributed by atoms with Gasteiger partial charge >= 0.3 is 11.9 Å². The first-order valence-corrected chi connectivity index (χ1v) is 8.27. The Hall–Kier alpha value is -3.22. The smallest absolute Gasteiger partial charge is 0.347 e. The van der Waals surface area contributed by atoms with E-state index in [1.165, 1.54) is 28.1 Å². The van der Waals surface area contributed by atoms with Crippen LogP contribution in [0.15, 0.2) is 30.3 Å². The molecular weight excluding hydrogens is 352 g/mol. The van der Waals surface area contributed by atoms with E-state index in [-0.39, 0.29) is 24.1 Å². The summed E-state index contributed by atoms with van der Waals surface area (Å²) in [4.78, 5) is 23.5. The highest BCUT2D eigenvalue weighted by Crippen LogP contribution is 2.47. The molecule has 0 saturated carbocycles. The van der Waals surface area contributed by atoms with Crippen molar-refractivity contribution in [3.63, 3.8) is 0 Å². The van der Waals surface area contributed by atoms with Crippen molar-refractivity contribution >= 4 is 11.9 Å². The Bertz CT molecular complexity index is 915. The summed E-state index contributed by atoms with van der Waals surface area (Å²) in [5, 5.41) is 9.48. The van der Waals surface area contributed by atoms with Crippen LogP contribution >= 0.6 is 0 Å². The van der Waals surface area contributed by atoms with Crippen LogP contribution in [-0.2, 0) is 16.1 Å². The van der Waals surface area contributed by atoms with Gasteiger partial charge in [-0.25, -0.2) is 9.59 Å². The van der Waals surface area contributed by atoms with E-state index >= 15 is 0 Å². The number of carboxylic acids is 1. The highest BCUT2D eigenvalue weighted by molar-refractivity contribution is 5.96. The molecule has 1 heterocycles. The van der Waals surface area contributed by atoms with E-state index in [2.05, 4.69) is 0 Å². The van der Waals surface area contributed by atoms with Gasteiger partial charge < -0.3 is 24.1 Å². The molecule has 3 rings (SSSR count). The molecule has 0 radical (unpaired) electrons. The molecule has 0 atom stereocenters. The number of benzene rings is 2. The zero-order chi connectivity index (χ0) is 19.8. The first-order chi connectivity index (χ1) is 12.8. The van der Waals surface area contributed by atoms with E-state index in [1.807, 2.05) is 6.07 Å². The number of esters is 1. The Morgan fingerprint density at radius 2 is 1.74 bits per heavy atom. The fourth-order valence-electron chi connectivity index (χ4n) is 2.91. The lowest BCUT2D eigenvalue weighted by molar-refractivity contribution is -0.152. The Labute approximate surface area is 156 Å². The van der Waals surface area contributed by atoms with Crippen LogP contribution < -0.4 is 14.2 Å². The van der Waals surface area contributed by atoms with Crippen LogP contribution in [-0.4, -0.2) is 36.9 Å². The van der Waals surface area contributed by atoms with E-state index in [0.29, 0.717) is 28.0 Å². The Morgan fingerprint density at radius 1 is 1.04 bits per heavy atom. The van der Waals surface area contributed by atoms with Crippen molar-refractivity contribution < 1.29 is 33.6 Å². The average Bonchev–Trinajstić information content (AvgIpc) is 3.02. The highest BCUT2D eigenvalue weighted by Gasteiger charge is 2.34. The second-order valence-corrected chi connectivity index (χ2v) is 6.50. The van der Waals surface area contributed by atoms with Gasteiger partial charge in [0.1, 0.15) is 6.61 Å². The summed E-state index contributed by atoms with van der Waals surface area (Å²) in [6, 6.07) is 8.70. The Kier molecular flexibility index (Phi) is 4.70. The topological polar surface area (TPSA) is 91.3 Å². The fourth-order valence-corrected chi connectivity index (χ4v) is 2.91. The lowest BCUT2D eigenvalue weighted by Crippen LogP contribution is -2.38. The van der Waals surface area contributed by atoms with E-state index in [9.17, 15) is 14.7 Å². The molecule has 0 aromatic heterocycles. The number of aliphatic carboxylic acids is 1. The monoisotopic (exact) mass is 372 g/mol. The van der Waals surface area contributed by atoms with E-state index in [0.717, 1.165) is 0 Å². The number of ether oxygens (including phenoxy) is 4. The van der Waals surface area contributed by atoms with Crippen molar-refractivity contribution in [2.45, 2.75) is 26.1 Å². The van der Waals surface area contributed by atoms with Gasteiger partial charge in [-0.1, -0.05) is 12.1 Å². The average molecular weight is 372 g/mol. The number of hydrogen-bond acceptors (Lipinski definition) is 6. The van der Waals surface area contributed by atoms with E-state index < -0.39 is 11.6 Å². The second-order valence-electron chi connectivity index (χ2n) is 6.50. The zero-order valence-electron chi connectivity index (χ0n) is 15.5. The van der Waals surface area contributed by atoms with Crippen LogP contribution in [0.4, 0.5) is 0 Å². The molecule has 7 nitrogen and oxygen atoms in total. The van der Waals surface area contributed by atoms with Gasteiger partial charge in [0, 0.05) is 11.1 Å². The molecule has 1 aliphatic rings.